The van der Waals surface area contributed by atoms with E-state index in [4.69, 9.17) is 27.9 Å². The molecule has 0 bridgehead atoms. The third-order valence-electron chi connectivity index (χ3n) is 4.58. The second-order valence-corrected chi connectivity index (χ2v) is 8.79. The number of carbonyl (C=O) groups is 1. The number of carbonyl (C=O) groups excluding carboxylic acids is 1. The van der Waals surface area contributed by atoms with Gasteiger partial charge < -0.3 is 14.6 Å². The Labute approximate surface area is 204 Å². The number of hydrogen-bond acceptors (Lipinski definition) is 7. The zero-order chi connectivity index (χ0) is 24.1. The van der Waals surface area contributed by atoms with Gasteiger partial charge in [0.05, 0.1) is 26.4 Å². The molecule has 0 saturated heterocycles. The number of nitro benzene ring substituents is 1. The number of thioether (sulfide) groups is 1. The van der Waals surface area contributed by atoms with Crippen LogP contribution in [0.2, 0.25) is 10.0 Å². The van der Waals surface area contributed by atoms with Gasteiger partial charge in [0.15, 0.2) is 17.1 Å². The Morgan fingerprint density at radius 3 is 2.67 bits per heavy atom. The van der Waals surface area contributed by atoms with Gasteiger partial charge in [0, 0.05) is 18.7 Å². The summed E-state index contributed by atoms with van der Waals surface area (Å²) in [4.78, 5) is 22.8. The normalized spacial score (nSPS) is 11.8. The number of amides is 1. The lowest BCUT2D eigenvalue weighted by Gasteiger charge is -2.17. The Balaban J connectivity index is 1.68. The minimum absolute atomic E-state index is 0.0100. The molecule has 3 rings (SSSR count). The molecule has 0 fully saturated rings. The molecule has 0 saturated carbocycles. The molecule has 2 aromatic carbocycles. The van der Waals surface area contributed by atoms with E-state index in [1.165, 1.54) is 30.0 Å². The zero-order valence-corrected chi connectivity index (χ0v) is 20.4. The topological polar surface area (TPSA) is 112 Å². The Kier molecular flexibility index (Phi) is 8.17. The molecule has 1 amide bonds. The van der Waals surface area contributed by atoms with Crippen LogP contribution in [0.4, 0.5) is 11.4 Å². The van der Waals surface area contributed by atoms with Crippen molar-refractivity contribution < 1.29 is 14.5 Å². The minimum atomic E-state index is -0.556. The summed E-state index contributed by atoms with van der Waals surface area (Å²) < 4.78 is 7.86. The maximum Gasteiger partial charge on any atom is 0.271 e. The van der Waals surface area contributed by atoms with Crippen LogP contribution >= 0.6 is 35.0 Å². The number of benzene rings is 2. The number of nitro groups is 1. The molecule has 0 spiro atoms. The van der Waals surface area contributed by atoms with Crippen molar-refractivity contribution in [3.8, 4) is 5.75 Å². The Morgan fingerprint density at radius 1 is 1.24 bits per heavy atom. The number of nitrogens with zero attached hydrogens (tertiary/aromatic N) is 4. The highest BCUT2D eigenvalue weighted by Gasteiger charge is 2.21. The number of halogens is 2. The number of nitrogens with one attached hydrogen (secondary N) is 1. The Hall–Kier alpha value is -2.82. The highest BCUT2D eigenvalue weighted by atomic mass is 35.5. The standard InChI is InChI=1S/C21H21Cl2N5O4S/c1-4-27-20(13(3)32-18-9-12(2)5-7-16(18)23)25-26-21(27)33-11-19(29)24-17-10-14(28(30)31)6-8-15(17)22/h5-10,13H,4,11H2,1-3H3,(H,24,29). The van der Waals surface area contributed by atoms with E-state index in [0.717, 1.165) is 5.56 Å². The van der Waals surface area contributed by atoms with E-state index in [2.05, 4.69) is 15.5 Å². The van der Waals surface area contributed by atoms with Crippen LogP contribution in [0.5, 0.6) is 5.75 Å². The molecule has 3 aromatic rings. The van der Waals surface area contributed by atoms with Gasteiger partial charge >= 0.3 is 0 Å². The first-order valence-electron chi connectivity index (χ1n) is 9.92. The third-order valence-corrected chi connectivity index (χ3v) is 6.19. The predicted octanol–water partition coefficient (Wildman–Crippen LogP) is 5.69. The van der Waals surface area contributed by atoms with Crippen molar-refractivity contribution in [2.24, 2.45) is 0 Å². The molecule has 0 aliphatic carbocycles. The highest BCUT2D eigenvalue weighted by Crippen LogP contribution is 2.31. The molecule has 1 N–H and O–H groups in total. The molecule has 9 nitrogen and oxygen atoms in total. The summed E-state index contributed by atoms with van der Waals surface area (Å²) in [7, 11) is 0. The number of anilines is 1. The summed E-state index contributed by atoms with van der Waals surface area (Å²) in [5.41, 5.74) is 1.02. The quantitative estimate of drug-likeness (QED) is 0.224. The minimum Gasteiger partial charge on any atom is -0.481 e. The molecule has 12 heteroatoms. The van der Waals surface area contributed by atoms with Gasteiger partial charge in [-0.1, -0.05) is 41.0 Å². The average molecular weight is 510 g/mol. The molecule has 1 atom stereocenters. The van der Waals surface area contributed by atoms with Crippen LogP contribution in [0, 0.1) is 17.0 Å². The maximum absolute atomic E-state index is 12.4. The number of aryl methyl sites for hydroxylation is 1. The fourth-order valence-corrected chi connectivity index (χ4v) is 4.12. The molecule has 1 heterocycles. The van der Waals surface area contributed by atoms with E-state index in [1.807, 2.05) is 37.5 Å². The van der Waals surface area contributed by atoms with Crippen molar-refractivity contribution in [2.45, 2.75) is 38.6 Å². The Morgan fingerprint density at radius 2 is 1.97 bits per heavy atom. The van der Waals surface area contributed by atoms with E-state index in [9.17, 15) is 14.9 Å². The van der Waals surface area contributed by atoms with Crippen LogP contribution in [0.3, 0.4) is 0 Å². The van der Waals surface area contributed by atoms with Gasteiger partial charge in [-0.2, -0.15) is 0 Å². The fourth-order valence-electron chi connectivity index (χ4n) is 2.99. The molecule has 1 aromatic heterocycles. The fraction of sp³-hybridized carbons (Fsp3) is 0.286. The molecular weight excluding hydrogens is 489 g/mol. The monoisotopic (exact) mass is 509 g/mol. The van der Waals surface area contributed by atoms with E-state index < -0.39 is 11.0 Å². The summed E-state index contributed by atoms with van der Waals surface area (Å²) in [6.07, 6.45) is -0.427. The predicted molar refractivity (Wildman–Crippen MR) is 128 cm³/mol. The van der Waals surface area contributed by atoms with Crippen molar-refractivity contribution in [1.29, 1.82) is 0 Å². The van der Waals surface area contributed by atoms with Crippen LogP contribution in [0.1, 0.15) is 31.3 Å². The summed E-state index contributed by atoms with van der Waals surface area (Å²) >= 11 is 13.5. The molecule has 0 aliphatic heterocycles. The zero-order valence-electron chi connectivity index (χ0n) is 18.0. The van der Waals surface area contributed by atoms with E-state index in [0.29, 0.717) is 28.3 Å². The average Bonchev–Trinajstić information content (AvgIpc) is 3.19. The van der Waals surface area contributed by atoms with Crippen LogP contribution in [0.25, 0.3) is 0 Å². The second-order valence-electron chi connectivity index (χ2n) is 7.04. The van der Waals surface area contributed by atoms with Crippen LogP contribution in [-0.2, 0) is 11.3 Å². The van der Waals surface area contributed by atoms with Gasteiger partial charge in [0.25, 0.3) is 5.69 Å². The highest BCUT2D eigenvalue weighted by molar-refractivity contribution is 7.99. The van der Waals surface area contributed by atoms with Crippen molar-refractivity contribution in [2.75, 3.05) is 11.1 Å². The van der Waals surface area contributed by atoms with Gasteiger partial charge in [-0.25, -0.2) is 0 Å². The molecule has 33 heavy (non-hydrogen) atoms. The number of rotatable bonds is 9. The third kappa shape index (κ3) is 6.16. The van der Waals surface area contributed by atoms with Gasteiger partial charge in [0.2, 0.25) is 5.91 Å². The SMILES string of the molecule is CCn1c(SCC(=O)Nc2cc([N+](=O)[O-])ccc2Cl)nnc1C(C)Oc1cc(C)ccc1Cl. The largest absolute Gasteiger partial charge is 0.481 e. The Bertz CT molecular complexity index is 1190. The molecule has 1 unspecified atom stereocenters. The van der Waals surface area contributed by atoms with Crippen LogP contribution in [0.15, 0.2) is 41.6 Å². The van der Waals surface area contributed by atoms with Gasteiger partial charge in [0.1, 0.15) is 5.75 Å². The number of hydrogen-bond donors (Lipinski definition) is 1. The van der Waals surface area contributed by atoms with Crippen LogP contribution in [-0.4, -0.2) is 31.3 Å². The van der Waals surface area contributed by atoms with Crippen molar-refractivity contribution >= 4 is 52.2 Å². The summed E-state index contributed by atoms with van der Waals surface area (Å²) in [5, 5.41) is 23.2. The molecular formula is C21H21Cl2N5O4S. The van der Waals surface area contributed by atoms with E-state index in [-0.39, 0.29) is 28.1 Å². The maximum atomic E-state index is 12.4. The molecule has 0 radical (unpaired) electrons. The summed E-state index contributed by atoms with van der Waals surface area (Å²) in [6, 6.07) is 9.37. The first kappa shape index (κ1) is 24.8. The van der Waals surface area contributed by atoms with Crippen molar-refractivity contribution in [1.82, 2.24) is 14.8 Å². The van der Waals surface area contributed by atoms with Crippen LogP contribution < -0.4 is 10.1 Å². The summed E-state index contributed by atoms with van der Waals surface area (Å²) in [6.45, 7) is 6.30. The van der Waals surface area contributed by atoms with Crippen molar-refractivity contribution in [3.63, 3.8) is 0 Å². The lowest BCUT2D eigenvalue weighted by Crippen LogP contribution is -2.16. The second kappa shape index (κ2) is 10.9. The number of aromatic nitrogens is 3. The number of ether oxygens (including phenoxy) is 1. The van der Waals surface area contributed by atoms with Crippen molar-refractivity contribution in [3.05, 3.63) is 67.9 Å². The lowest BCUT2D eigenvalue weighted by molar-refractivity contribution is -0.384. The number of non-ortho nitro benzene ring substituents is 1. The summed E-state index contributed by atoms with van der Waals surface area (Å²) in [5.74, 6) is 0.776. The smallest absolute Gasteiger partial charge is 0.271 e. The van der Waals surface area contributed by atoms with E-state index >= 15 is 0 Å². The molecule has 174 valence electrons. The van der Waals surface area contributed by atoms with Gasteiger partial charge in [-0.05, 0) is 44.5 Å². The first-order valence-corrected chi connectivity index (χ1v) is 11.7. The van der Waals surface area contributed by atoms with E-state index in [1.54, 1.807) is 6.07 Å². The lowest BCUT2D eigenvalue weighted by atomic mass is 10.2. The van der Waals surface area contributed by atoms with Gasteiger partial charge in [-0.15, -0.1) is 10.2 Å². The first-order chi connectivity index (χ1) is 15.7. The molecule has 0 aliphatic rings. The van der Waals surface area contributed by atoms with Gasteiger partial charge in [-0.3, -0.25) is 14.9 Å².